The second-order valence-corrected chi connectivity index (χ2v) is 8.06. The van der Waals surface area contributed by atoms with Crippen molar-refractivity contribution in [1.29, 1.82) is 0 Å². The summed E-state index contributed by atoms with van der Waals surface area (Å²) < 4.78 is 7.14. The number of hydrogen-bond donors (Lipinski definition) is 2. The molecule has 1 atom stereocenters. The second kappa shape index (κ2) is 9.14. The molecule has 8 heteroatoms. The zero-order chi connectivity index (χ0) is 20.1. The van der Waals surface area contributed by atoms with E-state index in [-0.39, 0.29) is 17.9 Å². The number of carbonyl (C=O) groups is 1. The van der Waals surface area contributed by atoms with Crippen LogP contribution in [0.15, 0.2) is 24.3 Å². The molecule has 1 amide bonds. The molecule has 1 aliphatic heterocycles. The third-order valence-electron chi connectivity index (χ3n) is 5.59. The zero-order valence-corrected chi connectivity index (χ0v) is 17.0. The monoisotopic (exact) mass is 387 g/mol. The van der Waals surface area contributed by atoms with E-state index in [0.29, 0.717) is 12.5 Å². The van der Waals surface area contributed by atoms with Gasteiger partial charge in [0.2, 0.25) is 11.7 Å². The minimum absolute atomic E-state index is 0.00116. The van der Waals surface area contributed by atoms with Crippen LogP contribution < -0.4 is 15.4 Å². The van der Waals surface area contributed by atoms with E-state index in [2.05, 4.69) is 29.4 Å². The fraction of sp³-hybridized carbons (Fsp3) is 0.600. The Morgan fingerprint density at radius 2 is 1.96 bits per heavy atom. The molecule has 0 bridgehead atoms. The van der Waals surface area contributed by atoms with Crippen molar-refractivity contribution in [3.05, 3.63) is 35.7 Å². The largest absolute Gasteiger partial charge is 0.497 e. The lowest BCUT2D eigenvalue weighted by Gasteiger charge is -2.34. The number of tetrazole rings is 1. The summed E-state index contributed by atoms with van der Waals surface area (Å²) in [4.78, 5) is 12.9. The molecule has 0 unspecified atom stereocenters. The predicted octanol–water partition coefficient (Wildman–Crippen LogP) is 0.597. The van der Waals surface area contributed by atoms with Gasteiger partial charge in [-0.25, -0.2) is 4.68 Å². The minimum atomic E-state index is -0.177. The number of benzene rings is 1. The molecule has 0 radical (unpaired) electrons. The molecule has 152 valence electrons. The first-order chi connectivity index (χ1) is 13.5. The van der Waals surface area contributed by atoms with Crippen LogP contribution in [0.4, 0.5) is 0 Å². The van der Waals surface area contributed by atoms with Gasteiger partial charge in [-0.1, -0.05) is 26.0 Å². The van der Waals surface area contributed by atoms with E-state index in [4.69, 9.17) is 10.5 Å². The molecule has 2 heterocycles. The van der Waals surface area contributed by atoms with Gasteiger partial charge in [0.25, 0.3) is 0 Å². The molecule has 0 saturated carbocycles. The number of carbonyl (C=O) groups excluding carboxylic acids is 1. The Labute approximate surface area is 166 Å². The number of nitrogens with zero attached hydrogens (tertiary/aromatic N) is 4. The van der Waals surface area contributed by atoms with E-state index in [1.807, 2.05) is 28.9 Å². The normalized spacial score (nSPS) is 20.9. The highest BCUT2D eigenvalue weighted by Gasteiger charge is 2.35. The number of amides is 1. The number of nitrogens with two attached hydrogens (primary N) is 1. The minimum Gasteiger partial charge on any atom is -0.497 e. The molecule has 1 aliphatic rings. The maximum absolute atomic E-state index is 11.5. The number of nitrogens with one attached hydrogen (secondary N) is 1. The predicted molar refractivity (Wildman–Crippen MR) is 105 cm³/mol. The molecule has 1 saturated heterocycles. The number of primary amides is 1. The summed E-state index contributed by atoms with van der Waals surface area (Å²) in [6, 6.07) is 8.18. The summed E-state index contributed by atoms with van der Waals surface area (Å²) in [5, 5.41) is 12.6. The van der Waals surface area contributed by atoms with Crippen LogP contribution in [0.5, 0.6) is 5.75 Å². The average molecular weight is 388 g/mol. The lowest BCUT2D eigenvalue weighted by Crippen LogP contribution is -3.13. The first-order valence-corrected chi connectivity index (χ1v) is 10.0. The maximum atomic E-state index is 11.5. The Kier molecular flexibility index (Phi) is 6.61. The van der Waals surface area contributed by atoms with Crippen molar-refractivity contribution >= 4 is 5.91 Å². The molecule has 0 spiro atoms. The second-order valence-electron chi connectivity index (χ2n) is 8.06. The Morgan fingerprint density at radius 1 is 1.29 bits per heavy atom. The van der Waals surface area contributed by atoms with Gasteiger partial charge in [-0.15, -0.1) is 5.10 Å². The van der Waals surface area contributed by atoms with Gasteiger partial charge in [0.1, 0.15) is 11.8 Å². The van der Waals surface area contributed by atoms with Crippen LogP contribution in [0.2, 0.25) is 0 Å². The standard InChI is InChI=1S/C20H30N6O2/c1-14(2)12-18(25-10-8-16(9-11-25)19(21)27)20-22-23-24-26(20)13-15-4-6-17(28-3)7-5-15/h4-7,14,16,18H,8-13H2,1-3H3,(H2,21,27)/p+1/t18-/m0/s1. The van der Waals surface area contributed by atoms with Crippen molar-refractivity contribution in [3.63, 3.8) is 0 Å². The lowest BCUT2D eigenvalue weighted by atomic mass is 9.93. The molecule has 1 fully saturated rings. The fourth-order valence-corrected chi connectivity index (χ4v) is 4.03. The zero-order valence-electron chi connectivity index (χ0n) is 17.0. The van der Waals surface area contributed by atoms with Crippen LogP contribution in [0, 0.1) is 11.8 Å². The van der Waals surface area contributed by atoms with Crippen LogP contribution >= 0.6 is 0 Å². The highest BCUT2D eigenvalue weighted by molar-refractivity contribution is 5.76. The fourth-order valence-electron chi connectivity index (χ4n) is 4.03. The van der Waals surface area contributed by atoms with Gasteiger partial charge >= 0.3 is 0 Å². The molecule has 1 aromatic heterocycles. The number of rotatable bonds is 8. The van der Waals surface area contributed by atoms with E-state index in [9.17, 15) is 4.79 Å². The number of quaternary nitrogens is 1. The SMILES string of the molecule is COc1ccc(Cn2nnnc2[C@H](CC(C)C)[NH+]2CCC(C(N)=O)CC2)cc1. The summed E-state index contributed by atoms with van der Waals surface area (Å²) >= 11 is 0. The average Bonchev–Trinajstić information content (AvgIpc) is 3.14. The Bertz CT molecular complexity index is 765. The summed E-state index contributed by atoms with van der Waals surface area (Å²) in [5.74, 6) is 2.09. The van der Waals surface area contributed by atoms with Crippen LogP contribution in [-0.4, -0.2) is 46.3 Å². The van der Waals surface area contributed by atoms with Crippen molar-refractivity contribution in [2.75, 3.05) is 20.2 Å². The van der Waals surface area contributed by atoms with Crippen LogP contribution in [0.25, 0.3) is 0 Å². The summed E-state index contributed by atoms with van der Waals surface area (Å²) in [6.07, 6.45) is 2.66. The maximum Gasteiger partial charge on any atom is 0.220 e. The third-order valence-corrected chi connectivity index (χ3v) is 5.59. The molecular weight excluding hydrogens is 356 g/mol. The molecule has 3 N–H and O–H groups in total. The van der Waals surface area contributed by atoms with E-state index < -0.39 is 0 Å². The molecule has 0 aliphatic carbocycles. The molecule has 2 aromatic rings. The van der Waals surface area contributed by atoms with Gasteiger partial charge in [-0.05, 0) is 34.0 Å². The first kappa shape index (κ1) is 20.3. The van der Waals surface area contributed by atoms with Gasteiger partial charge in [-0.3, -0.25) is 4.79 Å². The topological polar surface area (TPSA) is 100 Å². The van der Waals surface area contributed by atoms with E-state index in [1.165, 1.54) is 4.90 Å². The van der Waals surface area contributed by atoms with Gasteiger partial charge in [-0.2, -0.15) is 0 Å². The summed E-state index contributed by atoms with van der Waals surface area (Å²) in [6.45, 7) is 6.90. The molecule has 8 nitrogen and oxygen atoms in total. The Hall–Kier alpha value is -2.48. The van der Waals surface area contributed by atoms with Gasteiger partial charge in [0, 0.05) is 25.2 Å². The van der Waals surface area contributed by atoms with E-state index >= 15 is 0 Å². The smallest absolute Gasteiger partial charge is 0.220 e. The lowest BCUT2D eigenvalue weighted by molar-refractivity contribution is -0.938. The van der Waals surface area contributed by atoms with Gasteiger partial charge in [0.05, 0.1) is 26.7 Å². The molecule has 3 rings (SSSR count). The first-order valence-electron chi connectivity index (χ1n) is 10.0. The third kappa shape index (κ3) is 4.86. The van der Waals surface area contributed by atoms with Gasteiger partial charge in [0.15, 0.2) is 0 Å². The number of hydrogen-bond acceptors (Lipinski definition) is 5. The van der Waals surface area contributed by atoms with E-state index in [0.717, 1.165) is 49.5 Å². The van der Waals surface area contributed by atoms with Crippen molar-refractivity contribution in [3.8, 4) is 5.75 Å². The van der Waals surface area contributed by atoms with Crippen molar-refractivity contribution < 1.29 is 14.4 Å². The summed E-state index contributed by atoms with van der Waals surface area (Å²) in [7, 11) is 1.66. The highest BCUT2D eigenvalue weighted by atomic mass is 16.5. The van der Waals surface area contributed by atoms with Crippen molar-refractivity contribution in [2.24, 2.45) is 17.6 Å². The summed E-state index contributed by atoms with van der Waals surface area (Å²) in [5.41, 5.74) is 6.63. The number of piperidine rings is 1. The molecule has 28 heavy (non-hydrogen) atoms. The van der Waals surface area contributed by atoms with Crippen molar-refractivity contribution in [1.82, 2.24) is 20.2 Å². The van der Waals surface area contributed by atoms with Crippen LogP contribution in [-0.2, 0) is 11.3 Å². The quantitative estimate of drug-likeness (QED) is 0.691. The number of aromatic nitrogens is 4. The molecule has 1 aromatic carbocycles. The highest BCUT2D eigenvalue weighted by Crippen LogP contribution is 2.20. The number of ether oxygens (including phenoxy) is 1. The van der Waals surface area contributed by atoms with Crippen LogP contribution in [0.1, 0.15) is 50.5 Å². The Balaban J connectivity index is 1.77. The number of likely N-dealkylation sites (tertiary alicyclic amines) is 1. The Morgan fingerprint density at radius 3 is 2.54 bits per heavy atom. The van der Waals surface area contributed by atoms with Gasteiger partial charge < -0.3 is 15.4 Å². The molecular formula is C20H31N6O2+. The van der Waals surface area contributed by atoms with Crippen LogP contribution in [0.3, 0.4) is 0 Å². The van der Waals surface area contributed by atoms with E-state index in [1.54, 1.807) is 7.11 Å². The van der Waals surface area contributed by atoms with Crippen molar-refractivity contribution in [2.45, 2.75) is 45.7 Å². The number of methoxy groups -OCH3 is 1.